The van der Waals surface area contributed by atoms with Crippen LogP contribution in [-0.2, 0) is 22.7 Å². The summed E-state index contributed by atoms with van der Waals surface area (Å²) in [6, 6.07) is 21.1. The van der Waals surface area contributed by atoms with Crippen LogP contribution >= 0.6 is 0 Å². The van der Waals surface area contributed by atoms with Crippen LogP contribution < -0.4 is 26.6 Å². The number of carbonyl (C=O) groups excluding carboxylic acids is 2. The lowest BCUT2D eigenvalue weighted by molar-refractivity contribution is -0.117. The molecule has 0 saturated carbocycles. The molecule has 4 aromatic rings. The van der Waals surface area contributed by atoms with Gasteiger partial charge in [-0.05, 0) is 56.2 Å². The van der Waals surface area contributed by atoms with Crippen molar-refractivity contribution in [2.45, 2.75) is 39.3 Å². The normalized spacial score (nSPS) is 10.8. The lowest BCUT2D eigenvalue weighted by atomic mass is 10.2. The molecule has 0 bridgehead atoms. The quantitative estimate of drug-likeness (QED) is 0.312. The second-order valence-corrected chi connectivity index (χ2v) is 8.99. The number of hydrogen-bond donors (Lipinski definition) is 2. The Morgan fingerprint density at radius 1 is 0.816 bits per heavy atom. The summed E-state index contributed by atoms with van der Waals surface area (Å²) in [6.45, 7) is 1.84. The second-order valence-electron chi connectivity index (χ2n) is 8.99. The number of rotatable bonds is 10. The van der Waals surface area contributed by atoms with Crippen molar-refractivity contribution in [3.8, 4) is 5.75 Å². The van der Waals surface area contributed by atoms with E-state index in [1.807, 2.05) is 31.2 Å². The van der Waals surface area contributed by atoms with Crippen molar-refractivity contribution in [1.82, 2.24) is 9.13 Å². The molecule has 0 atom stereocenters. The van der Waals surface area contributed by atoms with Gasteiger partial charge in [-0.25, -0.2) is 4.79 Å². The van der Waals surface area contributed by atoms with Crippen LogP contribution in [0, 0.1) is 6.92 Å². The fraction of sp³-hybridized carbons (Fsp3) is 0.241. The zero-order chi connectivity index (χ0) is 27.1. The van der Waals surface area contributed by atoms with Crippen molar-refractivity contribution in [3.63, 3.8) is 0 Å². The number of fused-ring (bicyclic) bond motifs is 1. The predicted octanol–water partition coefficient (Wildman–Crippen LogP) is 3.93. The first-order valence-corrected chi connectivity index (χ1v) is 12.4. The van der Waals surface area contributed by atoms with E-state index in [1.165, 1.54) is 11.7 Å². The summed E-state index contributed by atoms with van der Waals surface area (Å²) < 4.78 is 7.63. The number of methoxy groups -OCH3 is 1. The molecule has 3 aromatic carbocycles. The number of nitrogens with one attached hydrogen (secondary N) is 2. The Morgan fingerprint density at radius 2 is 1.55 bits per heavy atom. The molecular weight excluding hydrogens is 484 g/mol. The maximum absolute atomic E-state index is 13.3. The summed E-state index contributed by atoms with van der Waals surface area (Å²) >= 11 is 0. The molecule has 4 rings (SSSR count). The average Bonchev–Trinajstić information content (AvgIpc) is 2.92. The van der Waals surface area contributed by atoms with Crippen LogP contribution in [0.25, 0.3) is 10.9 Å². The summed E-state index contributed by atoms with van der Waals surface area (Å²) in [7, 11) is 1.53. The molecule has 0 aliphatic heterocycles. The Labute approximate surface area is 219 Å². The summed E-state index contributed by atoms with van der Waals surface area (Å²) in [5.74, 6) is 0.0429. The van der Waals surface area contributed by atoms with Gasteiger partial charge in [0.1, 0.15) is 12.3 Å². The first kappa shape index (κ1) is 26.4. The van der Waals surface area contributed by atoms with Gasteiger partial charge in [-0.15, -0.1) is 0 Å². The van der Waals surface area contributed by atoms with Crippen molar-refractivity contribution in [2.75, 3.05) is 17.7 Å². The van der Waals surface area contributed by atoms with Gasteiger partial charge < -0.3 is 15.4 Å². The van der Waals surface area contributed by atoms with Gasteiger partial charge in [0, 0.05) is 30.4 Å². The second kappa shape index (κ2) is 12.1. The van der Waals surface area contributed by atoms with Crippen LogP contribution in [0.3, 0.4) is 0 Å². The maximum atomic E-state index is 13.3. The molecule has 1 aromatic heterocycles. The number of para-hydroxylation sites is 1. The molecule has 0 fully saturated rings. The summed E-state index contributed by atoms with van der Waals surface area (Å²) in [4.78, 5) is 51.6. The van der Waals surface area contributed by atoms with Crippen molar-refractivity contribution in [2.24, 2.45) is 0 Å². The standard InChI is InChI=1S/C29H30N4O5/c1-20-13-15-21(16-14-20)30-26(34)12-5-6-17-32-28(36)24-10-3-4-11-25(24)33(29(32)37)19-27(35)31-22-8-7-9-23(18-22)38-2/h3-4,7-11,13-16,18H,5-6,12,17,19H2,1-2H3,(H,30,34)(H,31,35). The maximum Gasteiger partial charge on any atom is 0.331 e. The van der Waals surface area contributed by atoms with Crippen LogP contribution in [0.2, 0.25) is 0 Å². The van der Waals surface area contributed by atoms with Gasteiger partial charge in [-0.2, -0.15) is 0 Å². The molecule has 0 spiro atoms. The number of aromatic nitrogens is 2. The van der Waals surface area contributed by atoms with E-state index in [9.17, 15) is 19.2 Å². The molecule has 38 heavy (non-hydrogen) atoms. The minimum Gasteiger partial charge on any atom is -0.497 e. The minimum atomic E-state index is -0.571. The largest absolute Gasteiger partial charge is 0.497 e. The minimum absolute atomic E-state index is 0.133. The Morgan fingerprint density at radius 3 is 2.32 bits per heavy atom. The van der Waals surface area contributed by atoms with E-state index in [0.29, 0.717) is 35.2 Å². The number of carbonyl (C=O) groups is 2. The van der Waals surface area contributed by atoms with Crippen molar-refractivity contribution < 1.29 is 14.3 Å². The van der Waals surface area contributed by atoms with Gasteiger partial charge in [-0.3, -0.25) is 23.5 Å². The lowest BCUT2D eigenvalue weighted by Gasteiger charge is -2.14. The highest BCUT2D eigenvalue weighted by atomic mass is 16.5. The fourth-order valence-corrected chi connectivity index (χ4v) is 4.18. The van der Waals surface area contributed by atoms with E-state index in [4.69, 9.17) is 4.74 Å². The van der Waals surface area contributed by atoms with E-state index in [2.05, 4.69) is 10.6 Å². The number of amides is 2. The molecule has 2 N–H and O–H groups in total. The molecule has 1 heterocycles. The number of unbranched alkanes of at least 4 members (excludes halogenated alkanes) is 1. The number of anilines is 2. The van der Waals surface area contributed by atoms with Crippen LogP contribution in [0.5, 0.6) is 5.75 Å². The van der Waals surface area contributed by atoms with Gasteiger partial charge in [-0.1, -0.05) is 35.9 Å². The zero-order valence-electron chi connectivity index (χ0n) is 21.4. The molecule has 9 nitrogen and oxygen atoms in total. The Kier molecular flexibility index (Phi) is 8.37. The zero-order valence-corrected chi connectivity index (χ0v) is 21.4. The van der Waals surface area contributed by atoms with Gasteiger partial charge >= 0.3 is 5.69 Å². The SMILES string of the molecule is COc1cccc(NC(=O)Cn2c(=O)n(CCCCC(=O)Nc3ccc(C)cc3)c(=O)c3ccccc32)c1. The Hall–Kier alpha value is -4.66. The van der Waals surface area contributed by atoms with Crippen LogP contribution in [-0.4, -0.2) is 28.1 Å². The van der Waals surface area contributed by atoms with Crippen LogP contribution in [0.1, 0.15) is 24.8 Å². The van der Waals surface area contributed by atoms with Crippen molar-refractivity contribution >= 4 is 34.1 Å². The van der Waals surface area contributed by atoms with E-state index in [1.54, 1.807) is 48.5 Å². The highest BCUT2D eigenvalue weighted by Crippen LogP contribution is 2.17. The molecule has 0 saturated heterocycles. The first-order chi connectivity index (χ1) is 18.4. The molecule has 196 valence electrons. The van der Waals surface area contributed by atoms with Gasteiger partial charge in [0.25, 0.3) is 5.56 Å². The number of aryl methyl sites for hydroxylation is 1. The van der Waals surface area contributed by atoms with E-state index in [-0.39, 0.29) is 25.4 Å². The molecule has 0 aliphatic rings. The number of benzene rings is 3. The van der Waals surface area contributed by atoms with E-state index >= 15 is 0 Å². The van der Waals surface area contributed by atoms with Crippen LogP contribution in [0.4, 0.5) is 11.4 Å². The molecule has 9 heteroatoms. The third kappa shape index (κ3) is 6.36. The summed E-state index contributed by atoms with van der Waals surface area (Å²) in [5, 5.41) is 5.96. The highest BCUT2D eigenvalue weighted by molar-refractivity contribution is 5.92. The highest BCUT2D eigenvalue weighted by Gasteiger charge is 2.15. The van der Waals surface area contributed by atoms with Crippen molar-refractivity contribution in [1.29, 1.82) is 0 Å². The number of hydrogen-bond acceptors (Lipinski definition) is 5. The third-order valence-electron chi connectivity index (χ3n) is 6.16. The van der Waals surface area contributed by atoms with Crippen molar-refractivity contribution in [3.05, 3.63) is 99.2 Å². The van der Waals surface area contributed by atoms with E-state index < -0.39 is 17.2 Å². The molecular formula is C29H30N4O5. The smallest absolute Gasteiger partial charge is 0.331 e. The molecule has 0 radical (unpaired) electrons. The lowest BCUT2D eigenvalue weighted by Crippen LogP contribution is -2.41. The average molecular weight is 515 g/mol. The van der Waals surface area contributed by atoms with Gasteiger partial charge in [0.2, 0.25) is 11.8 Å². The number of nitrogens with zero attached hydrogens (tertiary/aromatic N) is 2. The third-order valence-corrected chi connectivity index (χ3v) is 6.16. The monoisotopic (exact) mass is 514 g/mol. The Balaban J connectivity index is 1.46. The predicted molar refractivity (Wildman–Crippen MR) is 148 cm³/mol. The van der Waals surface area contributed by atoms with Crippen LogP contribution in [0.15, 0.2) is 82.4 Å². The topological polar surface area (TPSA) is 111 Å². The summed E-state index contributed by atoms with van der Waals surface area (Å²) in [5.41, 5.74) is 1.76. The molecule has 2 amide bonds. The Bertz CT molecular complexity index is 1570. The molecule has 0 aliphatic carbocycles. The number of ether oxygens (including phenoxy) is 1. The fourth-order valence-electron chi connectivity index (χ4n) is 4.18. The first-order valence-electron chi connectivity index (χ1n) is 12.4. The van der Waals surface area contributed by atoms with Gasteiger partial charge in [0.15, 0.2) is 0 Å². The van der Waals surface area contributed by atoms with Gasteiger partial charge in [0.05, 0.1) is 18.0 Å². The van der Waals surface area contributed by atoms with E-state index in [0.717, 1.165) is 15.8 Å². The molecule has 0 unspecified atom stereocenters. The summed E-state index contributed by atoms with van der Waals surface area (Å²) in [6.07, 6.45) is 1.20.